The van der Waals surface area contributed by atoms with Crippen LogP contribution in [0.15, 0.2) is 24.3 Å². The number of hydrogen-bond donors (Lipinski definition) is 1. The first kappa shape index (κ1) is 16.5. The van der Waals surface area contributed by atoms with Crippen molar-refractivity contribution in [3.63, 3.8) is 0 Å². The molecule has 0 spiro atoms. The molecule has 0 aromatic heterocycles. The highest BCUT2D eigenvalue weighted by Gasteiger charge is 2.26. The zero-order valence-corrected chi connectivity index (χ0v) is 13.6. The number of aliphatic hydroxyl groups is 1. The van der Waals surface area contributed by atoms with Crippen molar-refractivity contribution in [1.29, 1.82) is 0 Å². The average molecular weight is 311 g/mol. The topological polar surface area (TPSA) is 57.6 Å². The third-order valence-corrected chi connectivity index (χ3v) is 6.58. The Hall–Kier alpha value is -0.910. The fraction of sp³-hybridized carbons (Fsp3) is 0.625. The number of benzene rings is 1. The van der Waals surface area contributed by atoms with Crippen LogP contribution in [-0.4, -0.2) is 49.1 Å². The van der Waals surface area contributed by atoms with E-state index in [1.165, 1.54) is 11.1 Å². The van der Waals surface area contributed by atoms with Gasteiger partial charge >= 0.3 is 0 Å². The SMILES string of the molecule is CC(C)S(=O)(=O)CCCN1CCc2ccccc2C1CO. The van der Waals surface area contributed by atoms with Crippen molar-refractivity contribution in [3.8, 4) is 0 Å². The van der Waals surface area contributed by atoms with Gasteiger partial charge < -0.3 is 5.11 Å². The first-order valence-corrected chi connectivity index (χ1v) is 9.31. The van der Waals surface area contributed by atoms with Crippen LogP contribution >= 0.6 is 0 Å². The van der Waals surface area contributed by atoms with Crippen LogP contribution in [0.1, 0.15) is 37.4 Å². The van der Waals surface area contributed by atoms with E-state index in [-0.39, 0.29) is 23.7 Å². The van der Waals surface area contributed by atoms with Crippen LogP contribution in [0.2, 0.25) is 0 Å². The predicted molar refractivity (Wildman–Crippen MR) is 85.1 cm³/mol. The standard InChI is InChI=1S/C16H25NO3S/c1-13(2)21(19,20)11-5-9-17-10-8-14-6-3-4-7-15(14)16(17)12-18/h3-4,6-7,13,16,18H,5,8-12H2,1-2H3. The first-order chi connectivity index (χ1) is 9.95. The summed E-state index contributed by atoms with van der Waals surface area (Å²) in [7, 11) is -2.97. The smallest absolute Gasteiger partial charge is 0.152 e. The maximum atomic E-state index is 11.9. The van der Waals surface area contributed by atoms with Gasteiger partial charge in [0.05, 0.1) is 23.7 Å². The Morgan fingerprint density at radius 1 is 1.33 bits per heavy atom. The van der Waals surface area contributed by atoms with E-state index in [9.17, 15) is 13.5 Å². The highest BCUT2D eigenvalue weighted by molar-refractivity contribution is 7.91. The third kappa shape index (κ3) is 3.84. The number of rotatable bonds is 6. The molecular weight excluding hydrogens is 286 g/mol. The molecule has 1 aromatic carbocycles. The molecule has 1 heterocycles. The van der Waals surface area contributed by atoms with E-state index in [0.29, 0.717) is 13.0 Å². The van der Waals surface area contributed by atoms with Gasteiger partial charge in [-0.25, -0.2) is 8.42 Å². The molecule has 0 saturated heterocycles. The summed E-state index contributed by atoms with van der Waals surface area (Å²) in [6, 6.07) is 8.19. The molecule has 0 radical (unpaired) electrons. The largest absolute Gasteiger partial charge is 0.394 e. The van der Waals surface area contributed by atoms with Crippen LogP contribution in [0.4, 0.5) is 0 Å². The number of aliphatic hydroxyl groups excluding tert-OH is 1. The zero-order chi connectivity index (χ0) is 15.5. The van der Waals surface area contributed by atoms with Crippen LogP contribution in [0, 0.1) is 0 Å². The molecule has 1 N–H and O–H groups in total. The maximum Gasteiger partial charge on any atom is 0.152 e. The van der Waals surface area contributed by atoms with E-state index < -0.39 is 9.84 Å². The Morgan fingerprint density at radius 3 is 2.71 bits per heavy atom. The monoisotopic (exact) mass is 311 g/mol. The fourth-order valence-corrected chi connectivity index (χ4v) is 3.89. The Balaban J connectivity index is 1.99. The quantitative estimate of drug-likeness (QED) is 0.870. The molecule has 5 heteroatoms. The van der Waals surface area contributed by atoms with Gasteiger partial charge in [-0.2, -0.15) is 0 Å². The lowest BCUT2D eigenvalue weighted by molar-refractivity contribution is 0.115. The van der Waals surface area contributed by atoms with Crippen molar-refractivity contribution >= 4 is 9.84 Å². The molecule has 0 fully saturated rings. The average Bonchev–Trinajstić information content (AvgIpc) is 2.46. The number of fused-ring (bicyclic) bond motifs is 1. The molecular formula is C16H25NO3S. The summed E-state index contributed by atoms with van der Waals surface area (Å²) in [5.41, 5.74) is 2.47. The van der Waals surface area contributed by atoms with Crippen molar-refractivity contribution in [2.75, 3.05) is 25.4 Å². The highest BCUT2D eigenvalue weighted by Crippen LogP contribution is 2.29. The minimum Gasteiger partial charge on any atom is -0.394 e. The molecule has 2 rings (SSSR count). The summed E-state index contributed by atoms with van der Waals surface area (Å²) in [5.74, 6) is 0.223. The Bertz CT molecular complexity index is 569. The summed E-state index contributed by atoms with van der Waals surface area (Å²) < 4.78 is 23.7. The van der Waals surface area contributed by atoms with Crippen LogP contribution in [0.5, 0.6) is 0 Å². The molecule has 4 nitrogen and oxygen atoms in total. The van der Waals surface area contributed by atoms with Gasteiger partial charge in [0, 0.05) is 6.54 Å². The molecule has 1 aliphatic heterocycles. The minimum absolute atomic E-state index is 0.00305. The van der Waals surface area contributed by atoms with Crippen LogP contribution in [0.25, 0.3) is 0 Å². The van der Waals surface area contributed by atoms with Gasteiger partial charge in [0.25, 0.3) is 0 Å². The van der Waals surface area contributed by atoms with Gasteiger partial charge in [0.2, 0.25) is 0 Å². The van der Waals surface area contributed by atoms with Gasteiger partial charge in [-0.3, -0.25) is 4.90 Å². The van der Waals surface area contributed by atoms with Gasteiger partial charge in [0.15, 0.2) is 9.84 Å². The molecule has 0 saturated carbocycles. The number of sulfone groups is 1. The lowest BCUT2D eigenvalue weighted by Crippen LogP contribution is -2.38. The first-order valence-electron chi connectivity index (χ1n) is 7.60. The van der Waals surface area contributed by atoms with E-state index in [1.54, 1.807) is 13.8 Å². The lowest BCUT2D eigenvalue weighted by atomic mass is 9.93. The molecule has 1 aliphatic rings. The summed E-state index contributed by atoms with van der Waals surface area (Å²) in [5, 5.41) is 9.38. The van der Waals surface area contributed by atoms with E-state index >= 15 is 0 Å². The Labute approximate surface area is 127 Å². The van der Waals surface area contributed by atoms with Crippen LogP contribution < -0.4 is 0 Å². The van der Waals surface area contributed by atoms with Gasteiger partial charge in [0.1, 0.15) is 0 Å². The highest BCUT2D eigenvalue weighted by atomic mass is 32.2. The van der Waals surface area contributed by atoms with E-state index in [4.69, 9.17) is 0 Å². The third-order valence-electron chi connectivity index (χ3n) is 4.29. The van der Waals surface area contributed by atoms with Crippen LogP contribution in [0.3, 0.4) is 0 Å². The Morgan fingerprint density at radius 2 is 2.05 bits per heavy atom. The molecule has 0 amide bonds. The minimum atomic E-state index is -2.97. The molecule has 1 atom stereocenters. The van der Waals surface area contributed by atoms with Crippen molar-refractivity contribution in [2.45, 2.75) is 38.0 Å². The number of nitrogens with zero attached hydrogens (tertiary/aromatic N) is 1. The van der Waals surface area contributed by atoms with Crippen molar-refractivity contribution < 1.29 is 13.5 Å². The second kappa shape index (κ2) is 6.90. The van der Waals surface area contributed by atoms with Gasteiger partial charge in [-0.05, 0) is 44.4 Å². The van der Waals surface area contributed by atoms with Crippen LogP contribution in [-0.2, 0) is 16.3 Å². The Kier molecular flexibility index (Phi) is 5.41. The maximum absolute atomic E-state index is 11.9. The second-order valence-corrected chi connectivity index (χ2v) is 8.63. The normalized spacial score (nSPS) is 19.7. The summed E-state index contributed by atoms with van der Waals surface area (Å²) >= 11 is 0. The lowest BCUT2D eigenvalue weighted by Gasteiger charge is -2.36. The molecule has 118 valence electrons. The van der Waals surface area contributed by atoms with Gasteiger partial charge in [-0.15, -0.1) is 0 Å². The zero-order valence-electron chi connectivity index (χ0n) is 12.8. The number of hydrogen-bond acceptors (Lipinski definition) is 4. The van der Waals surface area contributed by atoms with E-state index in [2.05, 4.69) is 17.0 Å². The van der Waals surface area contributed by atoms with Crippen molar-refractivity contribution in [3.05, 3.63) is 35.4 Å². The fourth-order valence-electron chi connectivity index (χ4n) is 2.89. The molecule has 1 unspecified atom stereocenters. The van der Waals surface area contributed by atoms with Gasteiger partial charge in [-0.1, -0.05) is 24.3 Å². The van der Waals surface area contributed by atoms with Crippen molar-refractivity contribution in [1.82, 2.24) is 4.90 Å². The molecule has 1 aromatic rings. The molecule has 0 aliphatic carbocycles. The predicted octanol–water partition coefficient (Wildman–Crippen LogP) is 1.79. The molecule has 0 bridgehead atoms. The summed E-state index contributed by atoms with van der Waals surface area (Å²) in [6.45, 7) is 5.12. The summed E-state index contributed by atoms with van der Waals surface area (Å²) in [6.07, 6.45) is 1.59. The molecule has 21 heavy (non-hydrogen) atoms. The summed E-state index contributed by atoms with van der Waals surface area (Å²) in [4.78, 5) is 2.21. The van der Waals surface area contributed by atoms with E-state index in [0.717, 1.165) is 13.0 Å². The van der Waals surface area contributed by atoms with Crippen molar-refractivity contribution in [2.24, 2.45) is 0 Å². The second-order valence-electron chi connectivity index (χ2n) is 5.95. The van der Waals surface area contributed by atoms with E-state index in [1.807, 2.05) is 12.1 Å².